The topological polar surface area (TPSA) is 43.1 Å². The van der Waals surface area contributed by atoms with Gasteiger partial charge in [-0.3, -0.25) is 4.79 Å². The number of carbonyl (C=O) groups is 1. The number of nitrogens with two attached hydrogens (primary N) is 1. The van der Waals surface area contributed by atoms with Crippen molar-refractivity contribution in [3.63, 3.8) is 0 Å². The third-order valence-corrected chi connectivity index (χ3v) is 7.01. The average molecular weight is 478 g/mol. The van der Waals surface area contributed by atoms with Gasteiger partial charge in [-0.05, 0) is 42.6 Å². The fourth-order valence-corrected chi connectivity index (χ4v) is 4.65. The fraction of sp³-hybridized carbons (Fsp3) is 0.667. The minimum absolute atomic E-state index is 0.0813. The van der Waals surface area contributed by atoms with Crippen LogP contribution in [0.1, 0.15) is 141 Å². The van der Waals surface area contributed by atoms with Gasteiger partial charge in [0, 0.05) is 18.8 Å². The molecule has 2 heteroatoms. The van der Waals surface area contributed by atoms with Crippen LogP contribution in [0, 0.1) is 29.6 Å². The summed E-state index contributed by atoms with van der Waals surface area (Å²) in [7, 11) is 0. The average Bonchev–Trinajstić information content (AvgIpc) is 2.87. The molecule has 0 heterocycles. The molecule has 2 unspecified atom stereocenters. The zero-order chi connectivity index (χ0) is 25.4. The van der Waals surface area contributed by atoms with Crippen molar-refractivity contribution in [2.75, 3.05) is 0 Å². The molecule has 0 aromatic heterocycles. The molecule has 0 bridgehead atoms. The van der Waals surface area contributed by atoms with Gasteiger partial charge in [-0.25, -0.2) is 0 Å². The van der Waals surface area contributed by atoms with Crippen LogP contribution >= 0.6 is 0 Å². The minimum atomic E-state index is -0.175. The molecule has 194 valence electrons. The Morgan fingerprint density at radius 1 is 0.714 bits per heavy atom. The summed E-state index contributed by atoms with van der Waals surface area (Å²) in [5, 5.41) is 0. The van der Waals surface area contributed by atoms with Crippen molar-refractivity contribution in [1.82, 2.24) is 0 Å². The van der Waals surface area contributed by atoms with Crippen LogP contribution in [-0.4, -0.2) is 5.91 Å². The van der Waals surface area contributed by atoms with Gasteiger partial charge in [0.1, 0.15) is 0 Å². The van der Waals surface area contributed by atoms with Gasteiger partial charge in [-0.1, -0.05) is 139 Å². The van der Waals surface area contributed by atoms with E-state index < -0.39 is 0 Å². The van der Waals surface area contributed by atoms with Crippen molar-refractivity contribution >= 4 is 5.91 Å². The normalized spacial score (nSPS) is 12.2. The van der Waals surface area contributed by atoms with Gasteiger partial charge in [0.15, 0.2) is 0 Å². The van der Waals surface area contributed by atoms with E-state index >= 15 is 0 Å². The number of amides is 1. The smallest absolute Gasteiger partial charge is 0.221 e. The van der Waals surface area contributed by atoms with E-state index in [1.54, 1.807) is 0 Å². The lowest BCUT2D eigenvalue weighted by atomic mass is 9.83. The summed E-state index contributed by atoms with van der Waals surface area (Å²) in [4.78, 5) is 12.0. The molecule has 0 saturated heterocycles. The van der Waals surface area contributed by atoms with Gasteiger partial charge >= 0.3 is 0 Å². The molecule has 2 N–H and O–H groups in total. The Morgan fingerprint density at radius 3 is 1.66 bits per heavy atom. The second-order valence-electron chi connectivity index (χ2n) is 10.1. The van der Waals surface area contributed by atoms with Crippen LogP contribution in [0.25, 0.3) is 0 Å². The molecule has 2 nitrogen and oxygen atoms in total. The van der Waals surface area contributed by atoms with Crippen LogP contribution in [0.4, 0.5) is 0 Å². The van der Waals surface area contributed by atoms with E-state index in [1.165, 1.54) is 82.6 Å². The highest BCUT2D eigenvalue weighted by atomic mass is 16.1. The van der Waals surface area contributed by atoms with Gasteiger partial charge in [0.05, 0.1) is 0 Å². The van der Waals surface area contributed by atoms with Crippen molar-refractivity contribution in [1.29, 1.82) is 0 Å². The van der Waals surface area contributed by atoms with Crippen LogP contribution in [0.5, 0.6) is 0 Å². The molecule has 2 atom stereocenters. The second kappa shape index (κ2) is 22.3. The number of unbranched alkanes of at least 4 members (excludes halogenated alkanes) is 15. The Labute approximate surface area is 217 Å². The zero-order valence-electron chi connectivity index (χ0n) is 22.8. The summed E-state index contributed by atoms with van der Waals surface area (Å²) in [5.41, 5.74) is 6.89. The molecule has 0 aliphatic heterocycles. The summed E-state index contributed by atoms with van der Waals surface area (Å²) < 4.78 is 0. The Kier molecular flexibility index (Phi) is 19.6. The Morgan fingerprint density at radius 2 is 1.17 bits per heavy atom. The van der Waals surface area contributed by atoms with E-state index in [2.05, 4.69) is 49.7 Å². The molecule has 35 heavy (non-hydrogen) atoms. The fourth-order valence-electron chi connectivity index (χ4n) is 4.65. The van der Waals surface area contributed by atoms with Gasteiger partial charge in [-0.15, -0.1) is 0 Å². The predicted octanol–water partition coefficient (Wildman–Crippen LogP) is 8.94. The van der Waals surface area contributed by atoms with Crippen molar-refractivity contribution < 1.29 is 4.79 Å². The zero-order valence-corrected chi connectivity index (χ0v) is 22.8. The van der Waals surface area contributed by atoms with E-state index in [0.29, 0.717) is 0 Å². The maximum absolute atomic E-state index is 12.0. The summed E-state index contributed by atoms with van der Waals surface area (Å²) in [6.45, 7) is 4.39. The first-order valence-corrected chi connectivity index (χ1v) is 14.5. The lowest BCUT2D eigenvalue weighted by molar-refractivity contribution is -0.122. The van der Waals surface area contributed by atoms with Gasteiger partial charge < -0.3 is 5.73 Å². The SMILES string of the molecule is CCCCCCCCCCCCC#CC#CCCCCCCCC(C(N)=O)C(C)c1ccccc1. The monoisotopic (exact) mass is 477 g/mol. The van der Waals surface area contributed by atoms with E-state index in [0.717, 1.165) is 38.5 Å². The Hall–Kier alpha value is -2.19. The quantitative estimate of drug-likeness (QED) is 0.148. The molecule has 0 aliphatic rings. The molecule has 1 aromatic carbocycles. The number of rotatable bonds is 20. The maximum atomic E-state index is 12.0. The minimum Gasteiger partial charge on any atom is -0.369 e. The van der Waals surface area contributed by atoms with Crippen LogP contribution in [0.2, 0.25) is 0 Å². The molecule has 0 radical (unpaired) electrons. The molecule has 1 aromatic rings. The molecule has 1 amide bonds. The van der Waals surface area contributed by atoms with E-state index in [9.17, 15) is 4.79 Å². The third kappa shape index (κ3) is 17.0. The summed E-state index contributed by atoms with van der Waals surface area (Å²) in [5.74, 6) is 12.4. The molecule has 1 rings (SSSR count). The van der Waals surface area contributed by atoms with Crippen molar-refractivity contribution in [3.8, 4) is 23.7 Å². The van der Waals surface area contributed by atoms with E-state index in [4.69, 9.17) is 5.73 Å². The highest BCUT2D eigenvalue weighted by Crippen LogP contribution is 2.28. The first-order valence-electron chi connectivity index (χ1n) is 14.5. The van der Waals surface area contributed by atoms with Crippen LogP contribution in [0.3, 0.4) is 0 Å². The van der Waals surface area contributed by atoms with Gasteiger partial charge in [0.2, 0.25) is 5.91 Å². The molecule has 0 spiro atoms. The summed E-state index contributed by atoms with van der Waals surface area (Å²) >= 11 is 0. The molecule has 0 fully saturated rings. The number of hydrogen-bond donors (Lipinski definition) is 1. The van der Waals surface area contributed by atoms with Crippen molar-refractivity contribution in [3.05, 3.63) is 35.9 Å². The highest BCUT2D eigenvalue weighted by Gasteiger charge is 2.23. The summed E-state index contributed by atoms with van der Waals surface area (Å²) in [6.07, 6.45) is 22.2. The van der Waals surface area contributed by atoms with Crippen LogP contribution in [-0.2, 0) is 4.79 Å². The van der Waals surface area contributed by atoms with E-state index in [-0.39, 0.29) is 17.7 Å². The number of primary amides is 1. The summed E-state index contributed by atoms with van der Waals surface area (Å²) in [6, 6.07) is 10.2. The standard InChI is InChI=1S/C33H51NO/c1-3-4-5-6-7-8-9-10-11-12-13-14-15-16-17-18-19-20-21-22-26-29-32(33(34)35)30(2)31-27-24-23-25-28-31/h23-25,27-28,30,32H,3-13,18-22,26,29H2,1-2H3,(H2,34,35). The highest BCUT2D eigenvalue weighted by molar-refractivity contribution is 5.77. The third-order valence-electron chi connectivity index (χ3n) is 7.01. The van der Waals surface area contributed by atoms with E-state index in [1.807, 2.05) is 18.2 Å². The lowest BCUT2D eigenvalue weighted by Crippen LogP contribution is -2.27. The number of hydrogen-bond acceptors (Lipinski definition) is 1. The second-order valence-corrected chi connectivity index (χ2v) is 10.1. The van der Waals surface area contributed by atoms with Crippen LogP contribution in [0.15, 0.2) is 30.3 Å². The van der Waals surface area contributed by atoms with Gasteiger partial charge in [-0.2, -0.15) is 0 Å². The maximum Gasteiger partial charge on any atom is 0.221 e. The lowest BCUT2D eigenvalue weighted by Gasteiger charge is -2.21. The van der Waals surface area contributed by atoms with Crippen molar-refractivity contribution in [2.45, 2.75) is 135 Å². The molecular formula is C33H51NO. The first-order chi connectivity index (χ1) is 17.2. The number of benzene rings is 1. The number of carbonyl (C=O) groups excluding carboxylic acids is 1. The largest absolute Gasteiger partial charge is 0.369 e. The Balaban J connectivity index is 1.98. The predicted molar refractivity (Wildman–Crippen MR) is 152 cm³/mol. The Bertz CT molecular complexity index is 761. The van der Waals surface area contributed by atoms with Crippen LogP contribution < -0.4 is 5.73 Å². The molecule has 0 saturated carbocycles. The van der Waals surface area contributed by atoms with Crippen molar-refractivity contribution in [2.24, 2.45) is 11.7 Å². The van der Waals surface area contributed by atoms with Gasteiger partial charge in [0.25, 0.3) is 0 Å². The first kappa shape index (κ1) is 30.8. The molecular weight excluding hydrogens is 426 g/mol. The molecule has 0 aliphatic carbocycles.